The van der Waals surface area contributed by atoms with Gasteiger partial charge in [-0.3, -0.25) is 4.79 Å². The monoisotopic (exact) mass is 325 g/mol. The Labute approximate surface area is 145 Å². The van der Waals surface area contributed by atoms with Crippen molar-refractivity contribution < 1.29 is 9.53 Å². The average Bonchev–Trinajstić information content (AvgIpc) is 2.55. The molecule has 0 radical (unpaired) electrons. The minimum absolute atomic E-state index is 0.0170. The van der Waals surface area contributed by atoms with Crippen LogP contribution in [0.2, 0.25) is 0 Å². The number of benzene rings is 2. The van der Waals surface area contributed by atoms with Gasteiger partial charge in [0.2, 0.25) is 0 Å². The van der Waals surface area contributed by atoms with Crippen LogP contribution in [0.25, 0.3) is 0 Å². The summed E-state index contributed by atoms with van der Waals surface area (Å²) in [5.41, 5.74) is 4.30. The number of hydrogen-bond donors (Lipinski definition) is 1. The predicted molar refractivity (Wildman–Crippen MR) is 98.6 cm³/mol. The number of carbonyl (C=O) groups is 1. The van der Waals surface area contributed by atoms with Crippen LogP contribution < -0.4 is 10.1 Å². The van der Waals surface area contributed by atoms with Crippen molar-refractivity contribution in [1.82, 2.24) is 5.32 Å². The highest BCUT2D eigenvalue weighted by atomic mass is 16.5. The van der Waals surface area contributed by atoms with E-state index in [9.17, 15) is 4.79 Å². The van der Waals surface area contributed by atoms with Crippen LogP contribution in [-0.2, 0) is 0 Å². The Kier molecular flexibility index (Phi) is 6.02. The van der Waals surface area contributed by atoms with E-state index in [1.165, 1.54) is 11.1 Å². The molecule has 0 unspecified atom stereocenters. The number of ether oxygens (including phenoxy) is 1. The molecule has 0 fully saturated rings. The molecular formula is C21H27NO2. The summed E-state index contributed by atoms with van der Waals surface area (Å²) in [5.74, 6) is 0.721. The van der Waals surface area contributed by atoms with Crippen LogP contribution in [0.4, 0.5) is 0 Å². The third kappa shape index (κ3) is 4.60. The second kappa shape index (κ2) is 8.00. The van der Waals surface area contributed by atoms with Crippen LogP contribution in [0.15, 0.2) is 42.5 Å². The van der Waals surface area contributed by atoms with Gasteiger partial charge < -0.3 is 10.1 Å². The number of nitrogens with one attached hydrogen (secondary N) is 1. The standard InChI is InChI=1S/C21H27NO2/c1-6-20(18-8-7-15(4)16(5)13-18)22-21(23)17-9-11-19(12-10-17)24-14(2)3/h7-14,20H,6H2,1-5H3,(H,22,23)/t20-/m0/s1. The van der Waals surface area contributed by atoms with E-state index in [0.717, 1.165) is 17.7 Å². The molecule has 2 aromatic carbocycles. The van der Waals surface area contributed by atoms with Gasteiger partial charge in [0.25, 0.3) is 5.91 Å². The third-order valence-electron chi connectivity index (χ3n) is 4.14. The molecule has 0 heterocycles. The molecule has 2 rings (SSSR count). The van der Waals surface area contributed by atoms with E-state index in [-0.39, 0.29) is 18.1 Å². The van der Waals surface area contributed by atoms with Crippen LogP contribution in [0.3, 0.4) is 0 Å². The molecule has 0 aliphatic heterocycles. The largest absolute Gasteiger partial charge is 0.491 e. The van der Waals surface area contributed by atoms with Crippen molar-refractivity contribution in [3.05, 3.63) is 64.7 Å². The lowest BCUT2D eigenvalue weighted by atomic mass is 9.99. The van der Waals surface area contributed by atoms with Crippen LogP contribution in [0.1, 0.15) is 60.3 Å². The molecule has 0 aromatic heterocycles. The third-order valence-corrected chi connectivity index (χ3v) is 4.14. The first-order valence-corrected chi connectivity index (χ1v) is 8.55. The van der Waals surface area contributed by atoms with Crippen LogP contribution in [-0.4, -0.2) is 12.0 Å². The average molecular weight is 325 g/mol. The van der Waals surface area contributed by atoms with Gasteiger partial charge in [-0.25, -0.2) is 0 Å². The van der Waals surface area contributed by atoms with Crippen LogP contribution in [0.5, 0.6) is 5.75 Å². The van der Waals surface area contributed by atoms with E-state index in [2.05, 4.69) is 44.3 Å². The van der Waals surface area contributed by atoms with E-state index < -0.39 is 0 Å². The number of carbonyl (C=O) groups excluding carboxylic acids is 1. The first-order valence-electron chi connectivity index (χ1n) is 8.55. The first-order chi connectivity index (χ1) is 11.4. The van der Waals surface area contributed by atoms with Crippen molar-refractivity contribution in [3.63, 3.8) is 0 Å². The molecule has 0 aliphatic rings. The Hall–Kier alpha value is -2.29. The lowest BCUT2D eigenvalue weighted by Gasteiger charge is -2.19. The lowest BCUT2D eigenvalue weighted by Crippen LogP contribution is -2.28. The molecule has 0 bridgehead atoms. The number of rotatable bonds is 6. The van der Waals surface area contributed by atoms with Crippen molar-refractivity contribution in [2.45, 2.75) is 53.2 Å². The Bertz CT molecular complexity index is 689. The Morgan fingerprint density at radius 3 is 2.25 bits per heavy atom. The van der Waals surface area contributed by atoms with E-state index in [1.54, 1.807) is 12.1 Å². The van der Waals surface area contributed by atoms with Gasteiger partial charge in [0.15, 0.2) is 0 Å². The van der Waals surface area contributed by atoms with Crippen molar-refractivity contribution in [1.29, 1.82) is 0 Å². The minimum Gasteiger partial charge on any atom is -0.491 e. The Balaban J connectivity index is 2.09. The van der Waals surface area contributed by atoms with Crippen LogP contribution >= 0.6 is 0 Å². The van der Waals surface area contributed by atoms with Crippen molar-refractivity contribution in [2.75, 3.05) is 0 Å². The fourth-order valence-corrected chi connectivity index (χ4v) is 2.60. The van der Waals surface area contributed by atoms with Gasteiger partial charge in [-0.1, -0.05) is 25.1 Å². The molecule has 1 N–H and O–H groups in total. The quantitative estimate of drug-likeness (QED) is 0.814. The summed E-state index contributed by atoms with van der Waals surface area (Å²) in [4.78, 5) is 12.5. The fraction of sp³-hybridized carbons (Fsp3) is 0.381. The second-order valence-corrected chi connectivity index (χ2v) is 6.47. The Morgan fingerprint density at radius 2 is 1.71 bits per heavy atom. The number of aryl methyl sites for hydroxylation is 2. The summed E-state index contributed by atoms with van der Waals surface area (Å²) in [7, 11) is 0. The summed E-state index contributed by atoms with van der Waals surface area (Å²) in [5, 5.41) is 3.13. The fourth-order valence-electron chi connectivity index (χ4n) is 2.60. The zero-order valence-corrected chi connectivity index (χ0v) is 15.2. The molecular weight excluding hydrogens is 298 g/mol. The SMILES string of the molecule is CC[C@H](NC(=O)c1ccc(OC(C)C)cc1)c1ccc(C)c(C)c1. The number of hydrogen-bond acceptors (Lipinski definition) is 2. The van der Waals surface area contributed by atoms with E-state index in [1.807, 2.05) is 26.0 Å². The molecule has 3 nitrogen and oxygen atoms in total. The molecule has 0 saturated heterocycles. The van der Waals surface area contributed by atoms with E-state index in [0.29, 0.717) is 5.56 Å². The molecule has 0 saturated carbocycles. The first kappa shape index (κ1) is 18.1. The summed E-state index contributed by atoms with van der Waals surface area (Å²) in [6.07, 6.45) is 0.974. The Morgan fingerprint density at radius 1 is 1.04 bits per heavy atom. The van der Waals surface area contributed by atoms with Gasteiger partial charge in [-0.2, -0.15) is 0 Å². The van der Waals surface area contributed by atoms with Gasteiger partial charge in [0, 0.05) is 5.56 Å². The molecule has 0 aliphatic carbocycles. The highest BCUT2D eigenvalue weighted by Gasteiger charge is 2.15. The molecule has 1 amide bonds. The maximum atomic E-state index is 12.5. The minimum atomic E-state index is -0.0591. The van der Waals surface area contributed by atoms with Gasteiger partial charge in [0.05, 0.1) is 12.1 Å². The smallest absolute Gasteiger partial charge is 0.251 e. The maximum Gasteiger partial charge on any atom is 0.251 e. The van der Waals surface area contributed by atoms with Gasteiger partial charge in [0.1, 0.15) is 5.75 Å². The van der Waals surface area contributed by atoms with Gasteiger partial charge in [-0.05, 0) is 75.1 Å². The molecule has 128 valence electrons. The summed E-state index contributed by atoms with van der Waals surface area (Å²) < 4.78 is 5.61. The summed E-state index contributed by atoms with van der Waals surface area (Å²) in [6.45, 7) is 10.2. The van der Waals surface area contributed by atoms with E-state index >= 15 is 0 Å². The zero-order valence-electron chi connectivity index (χ0n) is 15.2. The molecule has 3 heteroatoms. The second-order valence-electron chi connectivity index (χ2n) is 6.47. The van der Waals surface area contributed by atoms with E-state index in [4.69, 9.17) is 4.74 Å². The lowest BCUT2D eigenvalue weighted by molar-refractivity contribution is 0.0935. The van der Waals surface area contributed by atoms with Crippen molar-refractivity contribution in [3.8, 4) is 5.75 Å². The topological polar surface area (TPSA) is 38.3 Å². The van der Waals surface area contributed by atoms with Crippen molar-refractivity contribution in [2.24, 2.45) is 0 Å². The van der Waals surface area contributed by atoms with Crippen molar-refractivity contribution >= 4 is 5.91 Å². The summed E-state index contributed by atoms with van der Waals surface area (Å²) in [6, 6.07) is 13.7. The maximum absolute atomic E-state index is 12.5. The normalized spacial score (nSPS) is 12.1. The molecule has 24 heavy (non-hydrogen) atoms. The highest BCUT2D eigenvalue weighted by molar-refractivity contribution is 5.94. The highest BCUT2D eigenvalue weighted by Crippen LogP contribution is 2.21. The predicted octanol–water partition coefficient (Wildman–Crippen LogP) is 4.97. The molecule has 2 aromatic rings. The zero-order chi connectivity index (χ0) is 17.7. The molecule has 0 spiro atoms. The van der Waals surface area contributed by atoms with Crippen LogP contribution in [0, 0.1) is 13.8 Å². The summed E-state index contributed by atoms with van der Waals surface area (Å²) >= 11 is 0. The number of amides is 1. The van der Waals surface area contributed by atoms with Gasteiger partial charge >= 0.3 is 0 Å². The molecule has 1 atom stereocenters. The van der Waals surface area contributed by atoms with Gasteiger partial charge in [-0.15, -0.1) is 0 Å².